The summed E-state index contributed by atoms with van der Waals surface area (Å²) in [4.78, 5) is 7.83. The van der Waals surface area contributed by atoms with Crippen LogP contribution in [0.5, 0.6) is 0 Å². The van der Waals surface area contributed by atoms with Crippen LogP contribution >= 0.6 is 0 Å². The fourth-order valence-corrected chi connectivity index (χ4v) is 0.643. The van der Waals surface area contributed by atoms with Gasteiger partial charge in [-0.1, -0.05) is 6.92 Å². The Kier molecular flexibility index (Phi) is 1.98. The first kappa shape index (κ1) is 7.17. The lowest BCUT2D eigenvalue weighted by Crippen LogP contribution is -2.38. The zero-order valence-electron chi connectivity index (χ0n) is 5.78. The quantitative estimate of drug-likeness (QED) is 0.293. The highest BCUT2D eigenvalue weighted by Crippen LogP contribution is 2.03. The Morgan fingerprint density at radius 1 is 1.70 bits per heavy atom. The second-order valence-electron chi connectivity index (χ2n) is 2.22. The Labute approximate surface area is 59.2 Å². The molecule has 5 N–H and O–H groups in total. The van der Waals surface area contributed by atoms with Crippen molar-refractivity contribution in [3.63, 3.8) is 0 Å². The maximum absolute atomic E-state index is 5.57. The highest BCUT2D eigenvalue weighted by Gasteiger charge is 2.13. The molecule has 1 aliphatic heterocycles. The number of nitrogens with zero attached hydrogens (tertiary/aromatic N) is 2. The van der Waals surface area contributed by atoms with Gasteiger partial charge in [0.1, 0.15) is 6.17 Å². The first-order chi connectivity index (χ1) is 4.74. The first-order valence-corrected chi connectivity index (χ1v) is 3.08. The molecule has 0 bridgehead atoms. The van der Waals surface area contributed by atoms with Gasteiger partial charge in [0.15, 0.2) is 0 Å². The minimum atomic E-state index is -0.219. The summed E-state index contributed by atoms with van der Waals surface area (Å²) < 4.78 is 0. The zero-order valence-corrected chi connectivity index (χ0v) is 5.78. The molecule has 5 nitrogen and oxygen atoms in total. The van der Waals surface area contributed by atoms with Crippen LogP contribution in [0.4, 0.5) is 0 Å². The van der Waals surface area contributed by atoms with Crippen molar-refractivity contribution < 1.29 is 0 Å². The molecule has 56 valence electrons. The molecule has 0 aromatic heterocycles. The van der Waals surface area contributed by atoms with E-state index in [1.807, 2.05) is 6.92 Å². The van der Waals surface area contributed by atoms with Crippen LogP contribution in [-0.4, -0.2) is 18.3 Å². The molecule has 0 aliphatic carbocycles. The number of hydrogen-bond acceptors (Lipinski definition) is 5. The van der Waals surface area contributed by atoms with Gasteiger partial charge in [-0.15, -0.1) is 0 Å². The van der Waals surface area contributed by atoms with E-state index >= 15 is 0 Å². The van der Waals surface area contributed by atoms with E-state index in [0.717, 1.165) is 0 Å². The number of hydrazine groups is 1. The molecule has 0 aromatic rings. The van der Waals surface area contributed by atoms with Crippen molar-refractivity contribution in [2.45, 2.75) is 13.1 Å². The Morgan fingerprint density at radius 3 is 2.90 bits per heavy atom. The maximum Gasteiger partial charge on any atom is 0.233 e. The molecule has 1 heterocycles. The largest absolute Gasteiger partial charge is 0.309 e. The first-order valence-electron chi connectivity index (χ1n) is 3.08. The van der Waals surface area contributed by atoms with Gasteiger partial charge in [-0.05, 0) is 0 Å². The van der Waals surface area contributed by atoms with E-state index in [1.165, 1.54) is 0 Å². The van der Waals surface area contributed by atoms with E-state index in [2.05, 4.69) is 15.4 Å². The van der Waals surface area contributed by atoms with E-state index < -0.39 is 0 Å². The van der Waals surface area contributed by atoms with Crippen molar-refractivity contribution in [3.05, 3.63) is 0 Å². The van der Waals surface area contributed by atoms with Gasteiger partial charge in [-0.25, -0.2) is 15.8 Å². The van der Waals surface area contributed by atoms with Crippen molar-refractivity contribution in [1.29, 1.82) is 0 Å². The summed E-state index contributed by atoms with van der Waals surface area (Å²) in [6.45, 7) is 1.95. The Balaban J connectivity index is 2.66. The summed E-state index contributed by atoms with van der Waals surface area (Å²) in [5, 5.41) is 0. The fraction of sp³-hybridized carbons (Fsp3) is 0.600. The maximum atomic E-state index is 5.57. The highest BCUT2D eigenvalue weighted by atomic mass is 15.3. The Hall–Kier alpha value is -0.940. The van der Waals surface area contributed by atoms with E-state index in [1.54, 1.807) is 6.21 Å². The molecule has 0 aromatic carbocycles. The van der Waals surface area contributed by atoms with Gasteiger partial charge in [0.2, 0.25) is 5.96 Å². The molecule has 1 rings (SSSR count). The topological polar surface area (TPSA) is 88.8 Å². The second kappa shape index (κ2) is 2.76. The van der Waals surface area contributed by atoms with Gasteiger partial charge in [-0.3, -0.25) is 5.43 Å². The molecular weight excluding hydrogens is 130 g/mol. The van der Waals surface area contributed by atoms with Crippen LogP contribution in [-0.2, 0) is 0 Å². The summed E-state index contributed by atoms with van der Waals surface area (Å²) in [7, 11) is 0. The van der Waals surface area contributed by atoms with Crippen molar-refractivity contribution in [3.8, 4) is 0 Å². The second-order valence-corrected chi connectivity index (χ2v) is 2.22. The molecule has 0 saturated carbocycles. The van der Waals surface area contributed by atoms with E-state index in [4.69, 9.17) is 11.6 Å². The number of hydrogen-bond donors (Lipinski definition) is 3. The molecule has 0 radical (unpaired) electrons. The molecule has 0 spiro atoms. The predicted molar refractivity (Wildman–Crippen MR) is 40.4 cm³/mol. The van der Waals surface area contributed by atoms with Gasteiger partial charge in [0.25, 0.3) is 0 Å². The summed E-state index contributed by atoms with van der Waals surface area (Å²) in [6, 6.07) is 0. The molecule has 0 fully saturated rings. The SMILES string of the molecule is CC1C=NC(NN)=NC1N. The van der Waals surface area contributed by atoms with Crippen LogP contribution in [0.15, 0.2) is 9.98 Å². The van der Waals surface area contributed by atoms with Crippen LogP contribution < -0.4 is 17.0 Å². The monoisotopic (exact) mass is 141 g/mol. The van der Waals surface area contributed by atoms with Gasteiger partial charge < -0.3 is 5.73 Å². The highest BCUT2D eigenvalue weighted by molar-refractivity contribution is 5.89. The lowest BCUT2D eigenvalue weighted by molar-refractivity contribution is 0.586. The summed E-state index contributed by atoms with van der Waals surface area (Å²) >= 11 is 0. The number of guanidine groups is 1. The Morgan fingerprint density at radius 2 is 2.40 bits per heavy atom. The van der Waals surface area contributed by atoms with Crippen LogP contribution in [0.1, 0.15) is 6.92 Å². The van der Waals surface area contributed by atoms with Crippen molar-refractivity contribution in [2.75, 3.05) is 0 Å². The average Bonchev–Trinajstić information content (AvgIpc) is 1.95. The standard InChI is InChI=1S/C5H11N5/c1-3-2-8-5(10-7)9-4(3)6/h2-4H,6-7H2,1H3,(H,9,10). The van der Waals surface area contributed by atoms with Gasteiger partial charge in [-0.2, -0.15) is 0 Å². The molecule has 5 heteroatoms. The van der Waals surface area contributed by atoms with E-state index in [0.29, 0.717) is 5.96 Å². The lowest BCUT2D eigenvalue weighted by Gasteiger charge is -2.16. The van der Waals surface area contributed by atoms with Gasteiger partial charge in [0.05, 0.1) is 0 Å². The zero-order chi connectivity index (χ0) is 7.56. The Bertz CT molecular complexity index is 173. The summed E-state index contributed by atoms with van der Waals surface area (Å²) in [5.41, 5.74) is 7.90. The van der Waals surface area contributed by atoms with Gasteiger partial charge in [0, 0.05) is 12.1 Å². The minimum absolute atomic E-state index is 0.192. The van der Waals surface area contributed by atoms with Gasteiger partial charge >= 0.3 is 0 Å². The number of aliphatic imine (C=N–C) groups is 2. The number of nitrogens with two attached hydrogens (primary N) is 2. The average molecular weight is 141 g/mol. The molecular formula is C5H11N5. The van der Waals surface area contributed by atoms with Crippen LogP contribution in [0.2, 0.25) is 0 Å². The number of nitrogens with one attached hydrogen (secondary N) is 1. The predicted octanol–water partition coefficient (Wildman–Crippen LogP) is -1.19. The molecule has 1 aliphatic rings. The van der Waals surface area contributed by atoms with E-state index in [-0.39, 0.29) is 12.1 Å². The lowest BCUT2D eigenvalue weighted by atomic mass is 10.1. The van der Waals surface area contributed by atoms with Crippen LogP contribution in [0.3, 0.4) is 0 Å². The molecule has 2 unspecified atom stereocenters. The summed E-state index contributed by atoms with van der Waals surface area (Å²) in [6.07, 6.45) is 1.51. The van der Waals surface area contributed by atoms with E-state index in [9.17, 15) is 0 Å². The molecule has 0 saturated heterocycles. The normalized spacial score (nSPS) is 31.7. The fourth-order valence-electron chi connectivity index (χ4n) is 0.643. The minimum Gasteiger partial charge on any atom is -0.309 e. The van der Waals surface area contributed by atoms with Crippen molar-refractivity contribution in [2.24, 2.45) is 27.5 Å². The number of rotatable bonds is 0. The van der Waals surface area contributed by atoms with Crippen LogP contribution in [0.25, 0.3) is 0 Å². The van der Waals surface area contributed by atoms with Crippen molar-refractivity contribution >= 4 is 12.2 Å². The summed E-state index contributed by atoms with van der Waals surface area (Å²) in [5.74, 6) is 5.65. The third kappa shape index (κ3) is 1.31. The van der Waals surface area contributed by atoms with Crippen LogP contribution in [0, 0.1) is 5.92 Å². The molecule has 10 heavy (non-hydrogen) atoms. The van der Waals surface area contributed by atoms with Crippen molar-refractivity contribution in [1.82, 2.24) is 5.43 Å². The third-order valence-corrected chi connectivity index (χ3v) is 1.37. The molecule has 2 atom stereocenters. The smallest absolute Gasteiger partial charge is 0.233 e. The third-order valence-electron chi connectivity index (χ3n) is 1.37. The molecule has 0 amide bonds.